The Hall–Kier alpha value is -2.67. The number of aromatic nitrogens is 3. The minimum atomic E-state index is -0.0468. The molecule has 0 bridgehead atoms. The summed E-state index contributed by atoms with van der Waals surface area (Å²) in [6.45, 7) is 3.44. The molecule has 2 heterocycles. The van der Waals surface area contributed by atoms with E-state index in [9.17, 15) is 9.59 Å². The summed E-state index contributed by atoms with van der Waals surface area (Å²) < 4.78 is 1.77. The fourth-order valence-corrected chi connectivity index (χ4v) is 3.08. The van der Waals surface area contributed by atoms with Crippen LogP contribution in [-0.2, 0) is 11.3 Å². The molecule has 0 spiro atoms. The molecule has 0 saturated heterocycles. The lowest BCUT2D eigenvalue weighted by molar-refractivity contribution is -0.121. The number of carbonyl (C=O) groups is 1. The molecule has 4 N–H and O–H groups in total. The highest BCUT2D eigenvalue weighted by molar-refractivity contribution is 6.03. The van der Waals surface area contributed by atoms with Crippen molar-refractivity contribution in [3.63, 3.8) is 0 Å². The van der Waals surface area contributed by atoms with Gasteiger partial charge in [0.05, 0.1) is 10.9 Å². The largest absolute Gasteiger partial charge is 0.356 e. The van der Waals surface area contributed by atoms with Gasteiger partial charge in [-0.15, -0.1) is 0 Å². The van der Waals surface area contributed by atoms with Crippen molar-refractivity contribution in [1.29, 1.82) is 0 Å². The number of nitrogens with two attached hydrogens (primary N) is 1. The van der Waals surface area contributed by atoms with Gasteiger partial charge in [0.1, 0.15) is 5.52 Å². The molecule has 7 nitrogen and oxygen atoms in total. The maximum atomic E-state index is 12.9. The van der Waals surface area contributed by atoms with E-state index >= 15 is 0 Å². The van der Waals surface area contributed by atoms with Gasteiger partial charge in [-0.05, 0) is 32.4 Å². The number of nitrogens with zero attached hydrogens (tertiary/aromatic N) is 2. The highest BCUT2D eigenvalue weighted by atomic mass is 16.1. The SMILES string of the molecule is Cc1[nH]nc2c1c(=O)n(CCCNC(=O)CCCN)c1ccccc21. The van der Waals surface area contributed by atoms with Gasteiger partial charge in [0.2, 0.25) is 5.91 Å². The number of aryl methyl sites for hydroxylation is 2. The van der Waals surface area contributed by atoms with Gasteiger partial charge >= 0.3 is 0 Å². The minimum Gasteiger partial charge on any atom is -0.356 e. The van der Waals surface area contributed by atoms with Crippen LogP contribution in [0.3, 0.4) is 0 Å². The van der Waals surface area contributed by atoms with Gasteiger partial charge in [0, 0.05) is 30.6 Å². The van der Waals surface area contributed by atoms with Gasteiger partial charge in [-0.1, -0.05) is 18.2 Å². The molecule has 0 aliphatic heterocycles. The number of pyridine rings is 1. The van der Waals surface area contributed by atoms with Crippen LogP contribution in [0, 0.1) is 6.92 Å². The first-order valence-electron chi connectivity index (χ1n) is 8.56. The molecular weight excluding hydrogens is 318 g/mol. The molecule has 132 valence electrons. The number of hydrogen-bond acceptors (Lipinski definition) is 4. The Balaban J connectivity index is 1.83. The number of rotatable bonds is 7. The number of carbonyl (C=O) groups excluding carboxylic acids is 1. The molecule has 0 aliphatic carbocycles. The van der Waals surface area contributed by atoms with Gasteiger partial charge in [0.25, 0.3) is 5.56 Å². The highest BCUT2D eigenvalue weighted by Gasteiger charge is 2.14. The molecule has 1 amide bonds. The molecule has 0 atom stereocenters. The zero-order chi connectivity index (χ0) is 17.8. The van der Waals surface area contributed by atoms with Crippen molar-refractivity contribution < 1.29 is 4.79 Å². The number of benzene rings is 1. The van der Waals surface area contributed by atoms with Crippen LogP contribution < -0.4 is 16.6 Å². The Morgan fingerprint density at radius 3 is 2.92 bits per heavy atom. The molecule has 0 radical (unpaired) electrons. The summed E-state index contributed by atoms with van der Waals surface area (Å²) >= 11 is 0. The Morgan fingerprint density at radius 1 is 1.32 bits per heavy atom. The number of H-pyrrole nitrogens is 1. The second-order valence-corrected chi connectivity index (χ2v) is 6.14. The maximum absolute atomic E-state index is 12.9. The van der Waals surface area contributed by atoms with E-state index in [1.807, 2.05) is 31.2 Å². The number of nitrogens with one attached hydrogen (secondary N) is 2. The lowest BCUT2D eigenvalue weighted by Gasteiger charge is -2.11. The van der Waals surface area contributed by atoms with E-state index in [1.165, 1.54) is 0 Å². The van der Waals surface area contributed by atoms with Crippen molar-refractivity contribution in [3.05, 3.63) is 40.3 Å². The van der Waals surface area contributed by atoms with E-state index in [1.54, 1.807) is 4.57 Å². The summed E-state index contributed by atoms with van der Waals surface area (Å²) in [6, 6.07) is 7.76. The number of para-hydroxylation sites is 1. The van der Waals surface area contributed by atoms with E-state index in [0.717, 1.165) is 16.6 Å². The Kier molecular flexibility index (Phi) is 5.14. The molecule has 3 rings (SSSR count). The van der Waals surface area contributed by atoms with Crippen molar-refractivity contribution in [1.82, 2.24) is 20.1 Å². The second kappa shape index (κ2) is 7.48. The average Bonchev–Trinajstić information content (AvgIpc) is 3.01. The monoisotopic (exact) mass is 341 g/mol. The molecule has 1 aromatic carbocycles. The van der Waals surface area contributed by atoms with Gasteiger partial charge in [-0.25, -0.2) is 0 Å². The molecule has 0 fully saturated rings. The quantitative estimate of drug-likeness (QED) is 0.565. The zero-order valence-electron chi connectivity index (χ0n) is 14.3. The Labute approximate surface area is 145 Å². The van der Waals surface area contributed by atoms with Crippen molar-refractivity contribution in [2.45, 2.75) is 32.7 Å². The number of hydrogen-bond donors (Lipinski definition) is 3. The van der Waals surface area contributed by atoms with Crippen LogP contribution >= 0.6 is 0 Å². The van der Waals surface area contributed by atoms with Crippen LogP contribution in [0.15, 0.2) is 29.1 Å². The summed E-state index contributed by atoms with van der Waals surface area (Å²) in [5.74, 6) is 0.00351. The molecule has 7 heteroatoms. The number of fused-ring (bicyclic) bond motifs is 3. The Bertz CT molecular complexity index is 957. The maximum Gasteiger partial charge on any atom is 0.262 e. The summed E-state index contributed by atoms with van der Waals surface area (Å²) in [5, 5.41) is 11.7. The van der Waals surface area contributed by atoms with E-state index in [2.05, 4.69) is 15.5 Å². The lowest BCUT2D eigenvalue weighted by Crippen LogP contribution is -2.27. The third-order valence-corrected chi connectivity index (χ3v) is 4.34. The van der Waals surface area contributed by atoms with Crippen LogP contribution in [-0.4, -0.2) is 33.8 Å². The zero-order valence-corrected chi connectivity index (χ0v) is 14.3. The first-order valence-corrected chi connectivity index (χ1v) is 8.56. The average molecular weight is 341 g/mol. The Morgan fingerprint density at radius 2 is 2.12 bits per heavy atom. The van der Waals surface area contributed by atoms with Gasteiger partial charge in [0.15, 0.2) is 0 Å². The number of amides is 1. The molecule has 0 unspecified atom stereocenters. The van der Waals surface area contributed by atoms with Crippen LogP contribution in [0.25, 0.3) is 21.8 Å². The predicted molar refractivity (Wildman–Crippen MR) is 98.5 cm³/mol. The lowest BCUT2D eigenvalue weighted by atomic mass is 10.1. The van der Waals surface area contributed by atoms with Crippen molar-refractivity contribution in [2.75, 3.05) is 13.1 Å². The molecule has 0 saturated carbocycles. The van der Waals surface area contributed by atoms with Crippen molar-refractivity contribution >= 4 is 27.7 Å². The van der Waals surface area contributed by atoms with Crippen molar-refractivity contribution in [2.24, 2.45) is 5.73 Å². The third kappa shape index (κ3) is 3.41. The molecule has 25 heavy (non-hydrogen) atoms. The van der Waals surface area contributed by atoms with E-state index < -0.39 is 0 Å². The van der Waals surface area contributed by atoms with E-state index in [-0.39, 0.29) is 11.5 Å². The fourth-order valence-electron chi connectivity index (χ4n) is 3.08. The summed E-state index contributed by atoms with van der Waals surface area (Å²) in [5.41, 5.74) is 7.70. The standard InChI is InChI=1S/C18H23N5O2/c1-12-16-17(22-21-12)13-6-2-3-7-14(13)23(18(16)25)11-5-10-20-15(24)8-4-9-19/h2-3,6-7H,4-5,8-11,19H2,1H3,(H,20,24)(H,21,22). The fraction of sp³-hybridized carbons (Fsp3) is 0.389. The minimum absolute atomic E-state index is 0.00351. The summed E-state index contributed by atoms with van der Waals surface area (Å²) in [7, 11) is 0. The molecule has 2 aromatic heterocycles. The predicted octanol–water partition coefficient (Wildman–Crippen LogP) is 1.43. The van der Waals surface area contributed by atoms with Crippen molar-refractivity contribution in [3.8, 4) is 0 Å². The summed E-state index contributed by atoms with van der Waals surface area (Å²) in [4.78, 5) is 24.5. The van der Waals surface area contributed by atoms with E-state index in [4.69, 9.17) is 5.73 Å². The topological polar surface area (TPSA) is 106 Å². The smallest absolute Gasteiger partial charge is 0.262 e. The van der Waals surface area contributed by atoms with Crippen LogP contribution in [0.4, 0.5) is 0 Å². The van der Waals surface area contributed by atoms with Gasteiger partial charge < -0.3 is 15.6 Å². The first-order chi connectivity index (χ1) is 12.1. The number of aromatic amines is 1. The molecular formula is C18H23N5O2. The van der Waals surface area contributed by atoms with E-state index in [0.29, 0.717) is 49.8 Å². The van der Waals surface area contributed by atoms with Crippen LogP contribution in [0.5, 0.6) is 0 Å². The molecule has 3 aromatic rings. The third-order valence-electron chi connectivity index (χ3n) is 4.34. The van der Waals surface area contributed by atoms with Crippen LogP contribution in [0.2, 0.25) is 0 Å². The normalized spacial score (nSPS) is 11.3. The van der Waals surface area contributed by atoms with Gasteiger partial charge in [-0.2, -0.15) is 5.10 Å². The highest BCUT2D eigenvalue weighted by Crippen LogP contribution is 2.22. The van der Waals surface area contributed by atoms with Gasteiger partial charge in [-0.3, -0.25) is 14.7 Å². The second-order valence-electron chi connectivity index (χ2n) is 6.14. The summed E-state index contributed by atoms with van der Waals surface area (Å²) in [6.07, 6.45) is 1.81. The van der Waals surface area contributed by atoms with Crippen LogP contribution in [0.1, 0.15) is 25.0 Å². The first kappa shape index (κ1) is 17.2. The molecule has 0 aliphatic rings.